The van der Waals surface area contributed by atoms with Gasteiger partial charge in [-0.05, 0) is 18.2 Å². The van der Waals surface area contributed by atoms with Gasteiger partial charge in [0.1, 0.15) is 5.58 Å². The van der Waals surface area contributed by atoms with Gasteiger partial charge < -0.3 is 9.15 Å². The molecule has 4 nitrogen and oxygen atoms in total. The molecular weight excluding hydrogens is 242 g/mol. The molecule has 0 saturated heterocycles. The minimum Gasteiger partial charge on any atom is -0.493 e. The van der Waals surface area contributed by atoms with Crippen molar-refractivity contribution in [1.29, 1.82) is 5.26 Å². The Bertz CT molecular complexity index is 887. The fourth-order valence-electron chi connectivity index (χ4n) is 2.09. The van der Waals surface area contributed by atoms with Gasteiger partial charge in [-0.1, -0.05) is 12.1 Å². The van der Waals surface area contributed by atoms with E-state index in [-0.39, 0.29) is 5.43 Å². The third-order valence-electron chi connectivity index (χ3n) is 2.99. The summed E-state index contributed by atoms with van der Waals surface area (Å²) in [6.45, 7) is 0. The summed E-state index contributed by atoms with van der Waals surface area (Å²) in [5.74, 6) is 0.386. The molecule has 0 amide bonds. The monoisotopic (exact) mass is 251 g/mol. The van der Waals surface area contributed by atoms with Gasteiger partial charge >= 0.3 is 0 Å². The lowest BCUT2D eigenvalue weighted by molar-refractivity contribution is 0.411. The van der Waals surface area contributed by atoms with Gasteiger partial charge in [0, 0.05) is 6.07 Å². The van der Waals surface area contributed by atoms with Gasteiger partial charge in [0.05, 0.1) is 29.5 Å². The summed E-state index contributed by atoms with van der Waals surface area (Å²) in [7, 11) is 1.48. The van der Waals surface area contributed by atoms with Gasteiger partial charge in [-0.3, -0.25) is 4.79 Å². The lowest BCUT2D eigenvalue weighted by Gasteiger charge is -2.06. The second-order valence-electron chi connectivity index (χ2n) is 4.09. The molecule has 2 aromatic carbocycles. The average Bonchev–Trinajstić information content (AvgIpc) is 2.47. The molecule has 1 aromatic heterocycles. The van der Waals surface area contributed by atoms with E-state index >= 15 is 0 Å². The van der Waals surface area contributed by atoms with E-state index in [1.165, 1.54) is 13.2 Å². The number of nitrogens with zero attached hydrogens (tertiary/aromatic N) is 1. The van der Waals surface area contributed by atoms with Crippen molar-refractivity contribution in [3.8, 4) is 11.8 Å². The van der Waals surface area contributed by atoms with E-state index in [0.717, 1.165) is 0 Å². The minimum atomic E-state index is -0.160. The van der Waals surface area contributed by atoms with E-state index in [4.69, 9.17) is 14.4 Å². The molecule has 0 radical (unpaired) electrons. The molecule has 0 unspecified atom stereocenters. The summed E-state index contributed by atoms with van der Waals surface area (Å²) in [5, 5.41) is 9.83. The van der Waals surface area contributed by atoms with Crippen molar-refractivity contribution in [2.75, 3.05) is 7.11 Å². The smallest absolute Gasteiger partial charge is 0.200 e. The van der Waals surface area contributed by atoms with Crippen LogP contribution < -0.4 is 10.2 Å². The highest BCUT2D eigenvalue weighted by molar-refractivity contribution is 5.93. The van der Waals surface area contributed by atoms with Gasteiger partial charge in [0.15, 0.2) is 11.3 Å². The molecule has 3 aromatic rings. The maximum atomic E-state index is 12.4. The first-order valence-corrected chi connectivity index (χ1v) is 5.68. The SMILES string of the molecule is COc1cc(C#N)cc2c(=O)c3ccccc3oc12. The molecule has 0 bridgehead atoms. The van der Waals surface area contributed by atoms with Crippen LogP contribution in [0.1, 0.15) is 5.56 Å². The van der Waals surface area contributed by atoms with Crippen LogP contribution in [0.5, 0.6) is 5.75 Å². The third kappa shape index (κ3) is 1.64. The predicted molar refractivity (Wildman–Crippen MR) is 71.3 cm³/mol. The number of nitriles is 1. The fourth-order valence-corrected chi connectivity index (χ4v) is 2.09. The number of para-hydroxylation sites is 1. The molecule has 0 spiro atoms. The third-order valence-corrected chi connectivity index (χ3v) is 2.99. The zero-order valence-corrected chi connectivity index (χ0v) is 10.1. The van der Waals surface area contributed by atoms with Crippen molar-refractivity contribution in [3.05, 3.63) is 52.2 Å². The predicted octanol–water partition coefficient (Wildman–Crippen LogP) is 2.83. The van der Waals surface area contributed by atoms with E-state index < -0.39 is 0 Å². The van der Waals surface area contributed by atoms with Crippen LogP contribution in [0.15, 0.2) is 45.6 Å². The molecule has 0 saturated carbocycles. The summed E-state index contributed by atoms with van der Waals surface area (Å²) in [6, 6.07) is 12.1. The second kappa shape index (κ2) is 4.14. The highest BCUT2D eigenvalue weighted by Gasteiger charge is 2.13. The van der Waals surface area contributed by atoms with Gasteiger partial charge in [-0.25, -0.2) is 0 Å². The van der Waals surface area contributed by atoms with Gasteiger partial charge in [0.25, 0.3) is 0 Å². The largest absolute Gasteiger partial charge is 0.493 e. The molecule has 0 aliphatic rings. The summed E-state index contributed by atoms with van der Waals surface area (Å²) in [6.07, 6.45) is 0. The number of benzene rings is 2. The molecule has 92 valence electrons. The van der Waals surface area contributed by atoms with Crippen molar-refractivity contribution in [2.24, 2.45) is 0 Å². The molecule has 1 heterocycles. The highest BCUT2D eigenvalue weighted by atomic mass is 16.5. The topological polar surface area (TPSA) is 63.2 Å². The van der Waals surface area contributed by atoms with Crippen molar-refractivity contribution in [1.82, 2.24) is 0 Å². The molecule has 0 aliphatic heterocycles. The van der Waals surface area contributed by atoms with Crippen molar-refractivity contribution >= 4 is 21.9 Å². The molecule has 0 atom stereocenters. The highest BCUT2D eigenvalue weighted by Crippen LogP contribution is 2.28. The standard InChI is InChI=1S/C15H9NO3/c1-18-13-7-9(8-16)6-11-14(17)10-4-2-3-5-12(10)19-15(11)13/h2-7H,1H3. The van der Waals surface area contributed by atoms with Crippen LogP contribution in [0.3, 0.4) is 0 Å². The number of hydrogen-bond acceptors (Lipinski definition) is 4. The Morgan fingerprint density at radius 2 is 2.00 bits per heavy atom. The van der Waals surface area contributed by atoms with E-state index in [9.17, 15) is 4.79 Å². The van der Waals surface area contributed by atoms with Crippen molar-refractivity contribution < 1.29 is 9.15 Å². The Labute approximate surface area is 108 Å². The Kier molecular flexibility index (Phi) is 2.46. The van der Waals surface area contributed by atoms with Crippen LogP contribution in [-0.2, 0) is 0 Å². The van der Waals surface area contributed by atoms with Crippen LogP contribution in [-0.4, -0.2) is 7.11 Å². The van der Waals surface area contributed by atoms with Crippen LogP contribution in [0.25, 0.3) is 21.9 Å². The van der Waals surface area contributed by atoms with E-state index in [2.05, 4.69) is 0 Å². The molecule has 0 N–H and O–H groups in total. The molecule has 19 heavy (non-hydrogen) atoms. The zero-order valence-electron chi connectivity index (χ0n) is 10.1. The Balaban J connectivity index is 2.58. The van der Waals surface area contributed by atoms with E-state index in [0.29, 0.717) is 33.3 Å². The number of hydrogen-bond donors (Lipinski definition) is 0. The Morgan fingerprint density at radius 1 is 1.21 bits per heavy atom. The van der Waals surface area contributed by atoms with Crippen molar-refractivity contribution in [2.45, 2.75) is 0 Å². The normalized spacial score (nSPS) is 10.5. The van der Waals surface area contributed by atoms with Gasteiger partial charge in [-0.2, -0.15) is 5.26 Å². The maximum absolute atomic E-state index is 12.4. The minimum absolute atomic E-state index is 0.160. The molecule has 3 rings (SSSR count). The maximum Gasteiger partial charge on any atom is 0.200 e. The summed E-state index contributed by atoms with van der Waals surface area (Å²) in [5.41, 5.74) is 1.08. The first kappa shape index (κ1) is 11.3. The number of rotatable bonds is 1. The lowest BCUT2D eigenvalue weighted by atomic mass is 10.1. The summed E-state index contributed by atoms with van der Waals surface area (Å²) >= 11 is 0. The Morgan fingerprint density at radius 3 is 2.74 bits per heavy atom. The lowest BCUT2D eigenvalue weighted by Crippen LogP contribution is -2.03. The number of methoxy groups -OCH3 is 1. The van der Waals surface area contributed by atoms with Crippen LogP contribution in [0.2, 0.25) is 0 Å². The molecule has 0 fully saturated rings. The first-order chi connectivity index (χ1) is 9.24. The zero-order chi connectivity index (χ0) is 13.4. The molecule has 4 heteroatoms. The van der Waals surface area contributed by atoms with Gasteiger partial charge in [0.2, 0.25) is 5.43 Å². The summed E-state index contributed by atoms with van der Waals surface area (Å²) in [4.78, 5) is 12.4. The summed E-state index contributed by atoms with van der Waals surface area (Å²) < 4.78 is 10.9. The first-order valence-electron chi connectivity index (χ1n) is 5.68. The Hall–Kier alpha value is -2.80. The van der Waals surface area contributed by atoms with Crippen LogP contribution in [0.4, 0.5) is 0 Å². The number of ether oxygens (including phenoxy) is 1. The average molecular weight is 251 g/mol. The van der Waals surface area contributed by atoms with Crippen LogP contribution in [0, 0.1) is 11.3 Å². The molecule has 0 aliphatic carbocycles. The number of fused-ring (bicyclic) bond motifs is 2. The van der Waals surface area contributed by atoms with E-state index in [1.807, 2.05) is 6.07 Å². The van der Waals surface area contributed by atoms with Gasteiger partial charge in [-0.15, -0.1) is 0 Å². The van der Waals surface area contributed by atoms with E-state index in [1.54, 1.807) is 30.3 Å². The van der Waals surface area contributed by atoms with Crippen LogP contribution >= 0.6 is 0 Å². The molecular formula is C15H9NO3. The second-order valence-corrected chi connectivity index (χ2v) is 4.09. The fraction of sp³-hybridized carbons (Fsp3) is 0.0667. The van der Waals surface area contributed by atoms with Crippen molar-refractivity contribution in [3.63, 3.8) is 0 Å². The quantitative estimate of drug-likeness (QED) is 0.624.